The molecule has 0 radical (unpaired) electrons. The fourth-order valence-corrected chi connectivity index (χ4v) is 3.94. The van der Waals surface area contributed by atoms with Crippen molar-refractivity contribution < 1.29 is 13.2 Å². The molecule has 0 aromatic heterocycles. The van der Waals surface area contributed by atoms with E-state index in [4.69, 9.17) is 34.8 Å². The van der Waals surface area contributed by atoms with E-state index in [9.17, 15) is 13.2 Å². The molecule has 2 aromatic carbocycles. The van der Waals surface area contributed by atoms with Gasteiger partial charge in [-0.05, 0) is 48.9 Å². The highest BCUT2D eigenvalue weighted by Gasteiger charge is 2.17. The third-order valence-corrected chi connectivity index (χ3v) is 5.31. The Balaban J connectivity index is 1.96. The summed E-state index contributed by atoms with van der Waals surface area (Å²) in [5.41, 5.74) is 0.990. The van der Waals surface area contributed by atoms with Crippen molar-refractivity contribution in [3.63, 3.8) is 0 Å². The molecule has 1 N–H and O–H groups in total. The molecule has 1 amide bonds. The lowest BCUT2D eigenvalue weighted by Crippen LogP contribution is -2.31. The first kappa shape index (κ1) is 20.8. The Kier molecular flexibility index (Phi) is 7.17. The Hall–Kier alpha value is -1.47. The molecular formula is C17H17Cl3N2O3S. The smallest absolute Gasteiger partial charge is 0.232 e. The van der Waals surface area contributed by atoms with Gasteiger partial charge >= 0.3 is 0 Å². The van der Waals surface area contributed by atoms with Crippen molar-refractivity contribution in [2.45, 2.75) is 12.8 Å². The first-order valence-electron chi connectivity index (χ1n) is 7.64. The number of carbonyl (C=O) groups excluding carboxylic acids is 1. The summed E-state index contributed by atoms with van der Waals surface area (Å²) in [6, 6.07) is 11.2. The van der Waals surface area contributed by atoms with Gasteiger partial charge in [0.05, 0.1) is 11.9 Å². The van der Waals surface area contributed by atoms with Gasteiger partial charge in [-0.2, -0.15) is 0 Å². The number of hydrogen-bond donors (Lipinski definition) is 1. The molecule has 0 aliphatic heterocycles. The third kappa shape index (κ3) is 6.36. The van der Waals surface area contributed by atoms with Crippen molar-refractivity contribution in [3.05, 3.63) is 57.5 Å². The fourth-order valence-electron chi connectivity index (χ4n) is 2.33. The molecule has 0 unspecified atom stereocenters. The van der Waals surface area contributed by atoms with Crippen LogP contribution < -0.4 is 9.62 Å². The van der Waals surface area contributed by atoms with Crippen LogP contribution in [0.4, 0.5) is 11.4 Å². The van der Waals surface area contributed by atoms with Crippen molar-refractivity contribution in [3.8, 4) is 0 Å². The van der Waals surface area contributed by atoms with Crippen LogP contribution in [0.3, 0.4) is 0 Å². The lowest BCUT2D eigenvalue weighted by molar-refractivity contribution is -0.116. The Morgan fingerprint density at radius 2 is 1.58 bits per heavy atom. The first-order chi connectivity index (χ1) is 12.1. The van der Waals surface area contributed by atoms with E-state index in [0.717, 1.165) is 6.26 Å². The molecule has 140 valence electrons. The summed E-state index contributed by atoms with van der Waals surface area (Å²) in [5.74, 6) is -0.257. The number of hydrogen-bond acceptors (Lipinski definition) is 3. The van der Waals surface area contributed by atoms with E-state index in [1.165, 1.54) is 4.31 Å². The molecule has 5 nitrogen and oxygen atoms in total. The lowest BCUT2D eigenvalue weighted by atomic mass is 10.2. The molecule has 0 saturated carbocycles. The summed E-state index contributed by atoms with van der Waals surface area (Å²) in [5, 5.41) is 4.04. The van der Waals surface area contributed by atoms with Crippen molar-refractivity contribution in [1.82, 2.24) is 0 Å². The Labute approximate surface area is 167 Å². The number of nitrogens with zero attached hydrogens (tertiary/aromatic N) is 1. The molecule has 0 fully saturated rings. The van der Waals surface area contributed by atoms with Gasteiger partial charge in [-0.15, -0.1) is 0 Å². The van der Waals surface area contributed by atoms with Crippen LogP contribution in [0.25, 0.3) is 0 Å². The van der Waals surface area contributed by atoms with Gasteiger partial charge in [-0.25, -0.2) is 8.42 Å². The summed E-state index contributed by atoms with van der Waals surface area (Å²) in [4.78, 5) is 12.1. The van der Waals surface area contributed by atoms with Crippen molar-refractivity contribution >= 4 is 62.1 Å². The van der Waals surface area contributed by atoms with Crippen LogP contribution in [-0.2, 0) is 14.8 Å². The molecule has 0 aliphatic carbocycles. The lowest BCUT2D eigenvalue weighted by Gasteiger charge is -2.22. The van der Waals surface area contributed by atoms with Gasteiger partial charge in [0.15, 0.2) is 0 Å². The second kappa shape index (κ2) is 8.95. The van der Waals surface area contributed by atoms with Gasteiger partial charge in [0.25, 0.3) is 0 Å². The number of anilines is 2. The minimum atomic E-state index is -3.48. The predicted octanol–water partition coefficient (Wildman–Crippen LogP) is 4.83. The van der Waals surface area contributed by atoms with E-state index in [1.54, 1.807) is 42.5 Å². The van der Waals surface area contributed by atoms with Gasteiger partial charge < -0.3 is 5.32 Å². The van der Waals surface area contributed by atoms with Gasteiger partial charge in [0, 0.05) is 33.7 Å². The molecule has 0 aliphatic rings. The highest BCUT2D eigenvalue weighted by molar-refractivity contribution is 7.92. The number of nitrogens with one attached hydrogen (secondary N) is 1. The number of benzene rings is 2. The summed E-state index contributed by atoms with van der Waals surface area (Å²) < 4.78 is 25.3. The number of rotatable bonds is 7. The quantitative estimate of drug-likeness (QED) is 0.677. The van der Waals surface area contributed by atoms with Crippen molar-refractivity contribution in [1.29, 1.82) is 0 Å². The number of carbonyl (C=O) groups is 1. The standard InChI is InChI=1S/C17H17Cl3N2O3S/c1-26(24,25)22(16-6-4-12(18)5-7-16)8-2-3-17(23)21-15-10-13(19)9-14(20)11-15/h4-7,9-11H,2-3,8H2,1H3,(H,21,23). The minimum absolute atomic E-state index is 0.143. The average molecular weight is 436 g/mol. The molecule has 0 heterocycles. The predicted molar refractivity (Wildman–Crippen MR) is 108 cm³/mol. The van der Waals surface area contributed by atoms with E-state index >= 15 is 0 Å². The molecule has 26 heavy (non-hydrogen) atoms. The van der Waals surface area contributed by atoms with Crippen molar-refractivity contribution in [2.75, 3.05) is 22.4 Å². The zero-order valence-electron chi connectivity index (χ0n) is 13.9. The number of halogens is 3. The number of sulfonamides is 1. The molecule has 9 heteroatoms. The molecule has 0 bridgehead atoms. The molecule has 0 spiro atoms. The van der Waals surface area contributed by atoms with Gasteiger partial charge in [0.1, 0.15) is 0 Å². The van der Waals surface area contributed by atoms with Gasteiger partial charge in [-0.1, -0.05) is 34.8 Å². The van der Waals surface area contributed by atoms with Gasteiger partial charge in [0.2, 0.25) is 15.9 Å². The zero-order chi connectivity index (χ0) is 19.3. The van der Waals surface area contributed by atoms with Crippen LogP contribution in [0.5, 0.6) is 0 Å². The van der Waals surface area contributed by atoms with E-state index < -0.39 is 10.0 Å². The summed E-state index contributed by atoms with van der Waals surface area (Å²) >= 11 is 17.6. The molecule has 0 saturated heterocycles. The van der Waals surface area contributed by atoms with E-state index in [2.05, 4.69) is 5.32 Å². The van der Waals surface area contributed by atoms with E-state index in [0.29, 0.717) is 32.9 Å². The minimum Gasteiger partial charge on any atom is -0.326 e. The third-order valence-electron chi connectivity index (χ3n) is 3.43. The van der Waals surface area contributed by atoms with Crippen LogP contribution in [0.2, 0.25) is 15.1 Å². The maximum Gasteiger partial charge on any atom is 0.232 e. The first-order valence-corrected chi connectivity index (χ1v) is 10.6. The summed E-state index contributed by atoms with van der Waals surface area (Å²) in [6.07, 6.45) is 1.61. The Morgan fingerprint density at radius 1 is 1.00 bits per heavy atom. The van der Waals surface area contributed by atoms with Crippen LogP contribution in [-0.4, -0.2) is 27.1 Å². The molecule has 2 rings (SSSR count). The van der Waals surface area contributed by atoms with Crippen LogP contribution >= 0.6 is 34.8 Å². The highest BCUT2D eigenvalue weighted by atomic mass is 35.5. The monoisotopic (exact) mass is 434 g/mol. The maximum absolute atomic E-state index is 12.1. The van der Waals surface area contributed by atoms with E-state index in [-0.39, 0.29) is 18.9 Å². The normalized spacial score (nSPS) is 11.2. The van der Waals surface area contributed by atoms with Crippen molar-refractivity contribution in [2.24, 2.45) is 0 Å². The second-order valence-corrected chi connectivity index (χ2v) is 8.84. The molecular weight excluding hydrogens is 419 g/mol. The second-order valence-electron chi connectivity index (χ2n) is 5.62. The van der Waals surface area contributed by atoms with Gasteiger partial charge in [-0.3, -0.25) is 9.10 Å². The average Bonchev–Trinajstić information content (AvgIpc) is 2.50. The summed E-state index contributed by atoms with van der Waals surface area (Å²) in [6.45, 7) is 0.171. The van der Waals surface area contributed by atoms with Crippen LogP contribution in [0, 0.1) is 0 Å². The number of amides is 1. The Bertz CT molecular complexity index is 866. The summed E-state index contributed by atoms with van der Waals surface area (Å²) in [7, 11) is -3.48. The zero-order valence-corrected chi connectivity index (χ0v) is 17.0. The molecule has 0 atom stereocenters. The molecule has 2 aromatic rings. The van der Waals surface area contributed by atoms with Crippen LogP contribution in [0.15, 0.2) is 42.5 Å². The Morgan fingerprint density at radius 3 is 2.12 bits per heavy atom. The van der Waals surface area contributed by atoms with Crippen LogP contribution in [0.1, 0.15) is 12.8 Å². The fraction of sp³-hybridized carbons (Fsp3) is 0.235. The highest BCUT2D eigenvalue weighted by Crippen LogP contribution is 2.23. The largest absolute Gasteiger partial charge is 0.326 e. The topological polar surface area (TPSA) is 66.5 Å². The maximum atomic E-state index is 12.1. The SMILES string of the molecule is CS(=O)(=O)N(CCCC(=O)Nc1cc(Cl)cc(Cl)c1)c1ccc(Cl)cc1. The van der Waals surface area contributed by atoms with E-state index in [1.807, 2.05) is 0 Å².